The number of fused-ring (bicyclic) bond motifs is 1. The van der Waals surface area contributed by atoms with Crippen LogP contribution >= 0.6 is 0 Å². The zero-order chi connectivity index (χ0) is 14.2. The molecule has 0 fully saturated rings. The van der Waals surface area contributed by atoms with Crippen LogP contribution in [-0.2, 0) is 6.42 Å². The SMILES string of the molecule is CC1(C)CC(=O)c2c(/C=C/c3ccccc3)n[nH]c2C1. The minimum atomic E-state index is 0.0248. The number of H-pyrrole nitrogens is 1. The number of nitrogens with zero attached hydrogens (tertiary/aromatic N) is 1. The van der Waals surface area contributed by atoms with Crippen LogP contribution in [0.5, 0.6) is 0 Å². The molecule has 2 aromatic rings. The minimum absolute atomic E-state index is 0.0248. The van der Waals surface area contributed by atoms with Crippen molar-refractivity contribution in [3.05, 3.63) is 52.8 Å². The number of Topliss-reactive ketones (excluding diaryl/α,β-unsaturated/α-hetero) is 1. The molecule has 0 amide bonds. The van der Waals surface area contributed by atoms with Crippen molar-refractivity contribution < 1.29 is 4.79 Å². The van der Waals surface area contributed by atoms with E-state index < -0.39 is 0 Å². The molecule has 0 radical (unpaired) electrons. The first kappa shape index (κ1) is 12.9. The molecule has 0 unspecified atom stereocenters. The summed E-state index contributed by atoms with van der Waals surface area (Å²) in [7, 11) is 0. The predicted octanol–water partition coefficient (Wildman–Crippen LogP) is 3.74. The Morgan fingerprint density at radius 1 is 1.15 bits per heavy atom. The van der Waals surface area contributed by atoms with Crippen LogP contribution in [0.25, 0.3) is 12.2 Å². The average Bonchev–Trinajstić information content (AvgIpc) is 2.79. The Morgan fingerprint density at radius 3 is 2.65 bits per heavy atom. The Bertz CT molecular complexity index is 666. The Hall–Kier alpha value is -2.16. The van der Waals surface area contributed by atoms with E-state index in [0.717, 1.165) is 28.9 Å². The van der Waals surface area contributed by atoms with Crippen LogP contribution in [-0.4, -0.2) is 16.0 Å². The Morgan fingerprint density at radius 2 is 1.90 bits per heavy atom. The lowest BCUT2D eigenvalue weighted by molar-refractivity contribution is 0.0911. The number of ketones is 1. The third kappa shape index (κ3) is 2.44. The van der Waals surface area contributed by atoms with Crippen LogP contribution in [0.1, 0.15) is 47.6 Å². The zero-order valence-electron chi connectivity index (χ0n) is 11.8. The van der Waals surface area contributed by atoms with Gasteiger partial charge in [-0.2, -0.15) is 5.10 Å². The number of carbonyl (C=O) groups is 1. The van der Waals surface area contributed by atoms with Gasteiger partial charge in [-0.15, -0.1) is 0 Å². The van der Waals surface area contributed by atoms with Gasteiger partial charge in [0.25, 0.3) is 0 Å². The highest BCUT2D eigenvalue weighted by Gasteiger charge is 2.33. The molecule has 0 saturated heterocycles. The summed E-state index contributed by atoms with van der Waals surface area (Å²) in [6, 6.07) is 10.0. The van der Waals surface area contributed by atoms with Crippen LogP contribution < -0.4 is 0 Å². The lowest BCUT2D eigenvalue weighted by atomic mass is 9.75. The van der Waals surface area contributed by atoms with Gasteiger partial charge in [0.2, 0.25) is 0 Å². The van der Waals surface area contributed by atoms with Crippen LogP contribution in [0.15, 0.2) is 30.3 Å². The number of aromatic amines is 1. The molecule has 0 atom stereocenters. The summed E-state index contributed by atoms with van der Waals surface area (Å²) in [4.78, 5) is 12.3. The molecule has 20 heavy (non-hydrogen) atoms. The molecule has 1 aliphatic carbocycles. The molecular weight excluding hydrogens is 248 g/mol. The Balaban J connectivity index is 1.92. The summed E-state index contributed by atoms with van der Waals surface area (Å²) in [6.07, 6.45) is 5.37. The van der Waals surface area contributed by atoms with Crippen LogP contribution in [0.2, 0.25) is 0 Å². The van der Waals surface area contributed by atoms with Crippen LogP contribution in [0, 0.1) is 5.41 Å². The molecule has 1 aliphatic rings. The summed E-state index contributed by atoms with van der Waals surface area (Å²) in [5.41, 5.74) is 3.63. The van der Waals surface area contributed by atoms with Gasteiger partial charge in [-0.3, -0.25) is 9.89 Å². The minimum Gasteiger partial charge on any atom is -0.294 e. The number of carbonyl (C=O) groups excluding carboxylic acids is 1. The van der Waals surface area contributed by atoms with E-state index in [9.17, 15) is 4.79 Å². The number of aromatic nitrogens is 2. The molecular formula is C17H18N2O. The smallest absolute Gasteiger partial charge is 0.167 e. The van der Waals surface area contributed by atoms with Crippen molar-refractivity contribution in [2.75, 3.05) is 0 Å². The highest BCUT2D eigenvalue weighted by molar-refractivity contribution is 6.02. The molecule has 102 valence electrons. The molecule has 0 bridgehead atoms. The maximum Gasteiger partial charge on any atom is 0.167 e. The van der Waals surface area contributed by atoms with Crippen molar-refractivity contribution >= 4 is 17.9 Å². The number of hydrogen-bond acceptors (Lipinski definition) is 2. The molecule has 1 N–H and O–H groups in total. The summed E-state index contributed by atoms with van der Waals surface area (Å²) >= 11 is 0. The fourth-order valence-corrected chi connectivity index (χ4v) is 2.76. The van der Waals surface area contributed by atoms with Gasteiger partial charge in [0.1, 0.15) is 0 Å². The van der Waals surface area contributed by atoms with Gasteiger partial charge in [-0.25, -0.2) is 0 Å². The first-order valence-electron chi connectivity index (χ1n) is 6.89. The molecule has 3 rings (SSSR count). The number of benzene rings is 1. The number of hydrogen-bond donors (Lipinski definition) is 1. The topological polar surface area (TPSA) is 45.8 Å². The van der Waals surface area contributed by atoms with Gasteiger partial charge in [-0.05, 0) is 23.5 Å². The molecule has 1 aromatic carbocycles. The second kappa shape index (κ2) is 4.75. The van der Waals surface area contributed by atoms with Crippen molar-refractivity contribution in [3.8, 4) is 0 Å². The van der Waals surface area contributed by atoms with Crippen molar-refractivity contribution in [2.45, 2.75) is 26.7 Å². The van der Waals surface area contributed by atoms with Gasteiger partial charge in [0.15, 0.2) is 5.78 Å². The number of rotatable bonds is 2. The zero-order valence-corrected chi connectivity index (χ0v) is 11.8. The van der Waals surface area contributed by atoms with Gasteiger partial charge in [0.05, 0.1) is 11.3 Å². The first-order valence-corrected chi connectivity index (χ1v) is 6.89. The van der Waals surface area contributed by atoms with E-state index in [1.807, 2.05) is 42.5 Å². The molecule has 1 aromatic heterocycles. The van der Waals surface area contributed by atoms with Gasteiger partial charge >= 0.3 is 0 Å². The monoisotopic (exact) mass is 266 g/mol. The molecule has 3 nitrogen and oxygen atoms in total. The van der Waals surface area contributed by atoms with Gasteiger partial charge < -0.3 is 0 Å². The second-order valence-electron chi connectivity index (χ2n) is 6.15. The molecule has 1 heterocycles. The molecule has 0 aliphatic heterocycles. The molecule has 0 spiro atoms. The van der Waals surface area contributed by atoms with E-state index in [1.165, 1.54) is 0 Å². The maximum atomic E-state index is 12.3. The lowest BCUT2D eigenvalue weighted by Gasteiger charge is -2.27. The van der Waals surface area contributed by atoms with Crippen LogP contribution in [0.4, 0.5) is 0 Å². The Labute approximate surface area is 118 Å². The highest BCUT2D eigenvalue weighted by Crippen LogP contribution is 2.35. The van der Waals surface area contributed by atoms with E-state index in [2.05, 4.69) is 24.0 Å². The van der Waals surface area contributed by atoms with Crippen molar-refractivity contribution in [3.63, 3.8) is 0 Å². The normalized spacial score (nSPS) is 17.4. The second-order valence-corrected chi connectivity index (χ2v) is 6.15. The standard InChI is InChI=1S/C17H18N2O/c1-17(2)10-14-16(15(20)11-17)13(18-19-14)9-8-12-6-4-3-5-7-12/h3-9H,10-11H2,1-2H3,(H,18,19)/b9-8+. The third-order valence-corrected chi connectivity index (χ3v) is 3.68. The van der Waals surface area contributed by atoms with E-state index in [4.69, 9.17) is 0 Å². The van der Waals surface area contributed by atoms with E-state index in [0.29, 0.717) is 6.42 Å². The third-order valence-electron chi connectivity index (χ3n) is 3.68. The first-order chi connectivity index (χ1) is 9.55. The summed E-state index contributed by atoms with van der Waals surface area (Å²) < 4.78 is 0. The summed E-state index contributed by atoms with van der Waals surface area (Å²) in [5.74, 6) is 0.192. The lowest BCUT2D eigenvalue weighted by Crippen LogP contribution is -2.26. The highest BCUT2D eigenvalue weighted by atomic mass is 16.1. The van der Waals surface area contributed by atoms with Crippen molar-refractivity contribution in [2.24, 2.45) is 5.41 Å². The quantitative estimate of drug-likeness (QED) is 0.900. The van der Waals surface area contributed by atoms with Crippen molar-refractivity contribution in [1.82, 2.24) is 10.2 Å². The molecule has 0 saturated carbocycles. The van der Waals surface area contributed by atoms with Crippen molar-refractivity contribution in [1.29, 1.82) is 0 Å². The largest absolute Gasteiger partial charge is 0.294 e. The number of nitrogens with one attached hydrogen (secondary N) is 1. The van der Waals surface area contributed by atoms with E-state index >= 15 is 0 Å². The van der Waals surface area contributed by atoms with E-state index in [-0.39, 0.29) is 11.2 Å². The van der Waals surface area contributed by atoms with Crippen LogP contribution in [0.3, 0.4) is 0 Å². The average molecular weight is 266 g/mol. The summed E-state index contributed by atoms with van der Waals surface area (Å²) in [5, 5.41) is 7.32. The fourth-order valence-electron chi connectivity index (χ4n) is 2.76. The summed E-state index contributed by atoms with van der Waals surface area (Å²) in [6.45, 7) is 4.24. The van der Waals surface area contributed by atoms with E-state index in [1.54, 1.807) is 0 Å². The molecule has 3 heteroatoms. The fraction of sp³-hybridized carbons (Fsp3) is 0.294. The maximum absolute atomic E-state index is 12.3. The predicted molar refractivity (Wildman–Crippen MR) is 80.4 cm³/mol. The Kier molecular flexibility index (Phi) is 3.05. The van der Waals surface area contributed by atoms with Gasteiger partial charge in [-0.1, -0.05) is 50.3 Å². The van der Waals surface area contributed by atoms with Gasteiger partial charge in [0, 0.05) is 12.1 Å².